The summed E-state index contributed by atoms with van der Waals surface area (Å²) in [5.41, 5.74) is -0.297. The summed E-state index contributed by atoms with van der Waals surface area (Å²) in [4.78, 5) is 14.0. The molecule has 0 unspecified atom stereocenters. The normalized spacial score (nSPS) is 9.42. The van der Waals surface area contributed by atoms with E-state index in [1.165, 1.54) is 19.4 Å². The van der Waals surface area contributed by atoms with Gasteiger partial charge in [0, 0.05) is 12.3 Å². The molecule has 1 rings (SSSR count). The zero-order valence-electron chi connectivity index (χ0n) is 6.37. The highest BCUT2D eigenvalue weighted by molar-refractivity contribution is 5.89. The lowest BCUT2D eigenvalue weighted by atomic mass is 10.3. The Morgan fingerprint density at radius 2 is 2.42 bits per heavy atom. The topological polar surface area (TPSA) is 82.3 Å². The van der Waals surface area contributed by atoms with Crippen LogP contribution in [0.3, 0.4) is 0 Å². The van der Waals surface area contributed by atoms with E-state index in [4.69, 9.17) is 9.84 Å². The van der Waals surface area contributed by atoms with E-state index >= 15 is 0 Å². The summed E-state index contributed by atoms with van der Waals surface area (Å²) in [6, 6.07) is 1.40. The number of carbonyl (C=O) groups is 1. The average Bonchev–Trinajstić information content (AvgIpc) is 2.04. The monoisotopic (exact) mass is 170 g/mol. The SMILES string of the molecule is COc1ccnc(C(=O)[OH2+])c1O. The molecule has 0 bridgehead atoms. The molecule has 0 aliphatic carbocycles. The average molecular weight is 170 g/mol. The molecule has 1 aromatic rings. The number of pyridine rings is 1. The Balaban J connectivity index is 3.23. The van der Waals surface area contributed by atoms with Crippen molar-refractivity contribution in [1.29, 1.82) is 0 Å². The van der Waals surface area contributed by atoms with Crippen molar-refractivity contribution in [2.75, 3.05) is 7.11 Å². The fourth-order valence-corrected chi connectivity index (χ4v) is 0.767. The highest BCUT2D eigenvalue weighted by Gasteiger charge is 2.21. The van der Waals surface area contributed by atoms with Crippen molar-refractivity contribution >= 4 is 5.97 Å². The number of carbonyl (C=O) groups excluding carboxylic acids is 1. The number of aromatic nitrogens is 1. The van der Waals surface area contributed by atoms with Crippen molar-refractivity contribution in [1.82, 2.24) is 4.98 Å². The lowest BCUT2D eigenvalue weighted by Gasteiger charge is -2.01. The summed E-state index contributed by atoms with van der Waals surface area (Å²) in [6.07, 6.45) is 1.29. The second kappa shape index (κ2) is 3.08. The predicted octanol–water partition coefficient (Wildman–Crippen LogP) is -0.339. The number of aromatic hydroxyl groups is 1. The zero-order valence-corrected chi connectivity index (χ0v) is 6.37. The number of nitrogens with zero attached hydrogens (tertiary/aromatic N) is 1. The van der Waals surface area contributed by atoms with Gasteiger partial charge in [0.1, 0.15) is 0 Å². The van der Waals surface area contributed by atoms with Crippen LogP contribution in [-0.4, -0.2) is 28.3 Å². The summed E-state index contributed by atoms with van der Waals surface area (Å²) in [6.45, 7) is 0. The van der Waals surface area contributed by atoms with E-state index in [0.29, 0.717) is 0 Å². The van der Waals surface area contributed by atoms with Gasteiger partial charge in [0.25, 0.3) is 5.69 Å². The number of hydrogen-bond donors (Lipinski definition) is 1. The van der Waals surface area contributed by atoms with E-state index < -0.39 is 5.97 Å². The molecule has 5 heteroatoms. The van der Waals surface area contributed by atoms with Crippen LogP contribution in [0.5, 0.6) is 11.5 Å². The number of rotatable bonds is 2. The summed E-state index contributed by atoms with van der Waals surface area (Å²) in [5, 5.41) is 15.9. The first-order chi connectivity index (χ1) is 5.66. The van der Waals surface area contributed by atoms with Gasteiger partial charge in [-0.25, -0.2) is 4.98 Å². The van der Waals surface area contributed by atoms with Gasteiger partial charge in [-0.3, -0.25) is 0 Å². The molecule has 0 aromatic carbocycles. The molecule has 64 valence electrons. The molecule has 1 heterocycles. The van der Waals surface area contributed by atoms with Gasteiger partial charge in [0.15, 0.2) is 11.5 Å². The molecule has 0 atom stereocenters. The van der Waals surface area contributed by atoms with Gasteiger partial charge >= 0.3 is 5.97 Å². The molecular formula is C7H8NO4+. The van der Waals surface area contributed by atoms with Crippen LogP contribution >= 0.6 is 0 Å². The molecule has 0 fully saturated rings. The minimum Gasteiger partial charge on any atom is -0.560 e. The second-order valence-electron chi connectivity index (χ2n) is 2.04. The van der Waals surface area contributed by atoms with Gasteiger partial charge < -0.3 is 14.9 Å². The molecule has 5 nitrogen and oxygen atoms in total. The van der Waals surface area contributed by atoms with Crippen molar-refractivity contribution in [3.05, 3.63) is 18.0 Å². The maximum absolute atomic E-state index is 10.5. The molecule has 0 radical (unpaired) electrons. The Kier molecular flexibility index (Phi) is 2.14. The van der Waals surface area contributed by atoms with E-state index in [9.17, 15) is 9.90 Å². The highest BCUT2D eigenvalue weighted by atomic mass is 16.5. The van der Waals surface area contributed by atoms with Gasteiger partial charge in [0.05, 0.1) is 11.9 Å². The first-order valence-corrected chi connectivity index (χ1v) is 3.14. The maximum Gasteiger partial charge on any atom is 0.571 e. The fourth-order valence-electron chi connectivity index (χ4n) is 0.767. The van der Waals surface area contributed by atoms with Crippen LogP contribution < -0.4 is 4.74 Å². The molecular weight excluding hydrogens is 162 g/mol. The summed E-state index contributed by atoms with van der Waals surface area (Å²) in [7, 11) is 1.35. The Bertz CT molecular complexity index is 310. The Hall–Kier alpha value is -1.78. The third-order valence-corrected chi connectivity index (χ3v) is 1.32. The molecule has 0 spiro atoms. The van der Waals surface area contributed by atoms with E-state index in [-0.39, 0.29) is 17.2 Å². The third kappa shape index (κ3) is 1.29. The van der Waals surface area contributed by atoms with Crippen LogP contribution in [0.25, 0.3) is 0 Å². The zero-order chi connectivity index (χ0) is 9.14. The standard InChI is InChI=1S/C7H7NO4/c1-12-4-2-3-8-5(6(4)9)7(10)11/h2-3,9H,1H3,(H,10,11)/p+1. The van der Waals surface area contributed by atoms with Crippen LogP contribution in [0.1, 0.15) is 10.5 Å². The fraction of sp³-hybridized carbons (Fsp3) is 0.143. The molecule has 1 aromatic heterocycles. The third-order valence-electron chi connectivity index (χ3n) is 1.32. The summed E-state index contributed by atoms with van der Waals surface area (Å²) in [5.74, 6) is -1.29. The van der Waals surface area contributed by atoms with Crippen LogP contribution in [0.15, 0.2) is 12.3 Å². The molecule has 0 aliphatic rings. The van der Waals surface area contributed by atoms with E-state index in [1.807, 2.05) is 0 Å². The van der Waals surface area contributed by atoms with Crippen molar-refractivity contribution in [2.24, 2.45) is 0 Å². The van der Waals surface area contributed by atoms with Crippen LogP contribution in [0.4, 0.5) is 0 Å². The van der Waals surface area contributed by atoms with Gasteiger partial charge in [-0.2, -0.15) is 0 Å². The molecule has 0 aliphatic heterocycles. The van der Waals surface area contributed by atoms with Gasteiger partial charge in [-0.1, -0.05) is 0 Å². The molecule has 12 heavy (non-hydrogen) atoms. The molecule has 3 N–H and O–H groups in total. The van der Waals surface area contributed by atoms with Gasteiger partial charge in [-0.15, -0.1) is 0 Å². The lowest BCUT2D eigenvalue weighted by Crippen LogP contribution is -2.01. The predicted molar refractivity (Wildman–Crippen MR) is 40.4 cm³/mol. The van der Waals surface area contributed by atoms with E-state index in [2.05, 4.69) is 4.98 Å². The van der Waals surface area contributed by atoms with Crippen LogP contribution in [0.2, 0.25) is 0 Å². The van der Waals surface area contributed by atoms with Crippen LogP contribution in [-0.2, 0) is 0 Å². The quantitative estimate of drug-likeness (QED) is 0.615. The van der Waals surface area contributed by atoms with Gasteiger partial charge in [-0.05, 0) is 0 Å². The van der Waals surface area contributed by atoms with Crippen molar-refractivity contribution in [3.63, 3.8) is 0 Å². The first kappa shape index (κ1) is 8.32. The lowest BCUT2D eigenvalue weighted by molar-refractivity contribution is 0.0686. The van der Waals surface area contributed by atoms with E-state index in [0.717, 1.165) is 0 Å². The molecule has 0 saturated heterocycles. The summed E-state index contributed by atoms with van der Waals surface area (Å²) < 4.78 is 4.71. The second-order valence-corrected chi connectivity index (χ2v) is 2.04. The minimum atomic E-state index is -1.04. The Morgan fingerprint density at radius 1 is 1.75 bits per heavy atom. The Morgan fingerprint density at radius 3 is 2.92 bits per heavy atom. The highest BCUT2D eigenvalue weighted by Crippen LogP contribution is 2.27. The van der Waals surface area contributed by atoms with Crippen molar-refractivity contribution in [2.45, 2.75) is 0 Å². The minimum absolute atomic E-state index is 0.139. The van der Waals surface area contributed by atoms with Crippen molar-refractivity contribution in [3.8, 4) is 11.5 Å². The first-order valence-electron chi connectivity index (χ1n) is 3.14. The van der Waals surface area contributed by atoms with Gasteiger partial charge in [0.2, 0.25) is 0 Å². The Labute approximate surface area is 68.2 Å². The smallest absolute Gasteiger partial charge is 0.560 e. The van der Waals surface area contributed by atoms with E-state index in [1.54, 1.807) is 0 Å². The maximum atomic E-state index is 10.5. The molecule has 0 saturated carbocycles. The largest absolute Gasteiger partial charge is 0.571 e. The number of ether oxygens (including phenoxy) is 1. The van der Waals surface area contributed by atoms with Crippen LogP contribution in [0, 0.1) is 0 Å². The van der Waals surface area contributed by atoms with Crippen molar-refractivity contribution < 1.29 is 19.7 Å². The summed E-state index contributed by atoms with van der Waals surface area (Å²) >= 11 is 0. The number of hydrogen-bond acceptors (Lipinski definition) is 4. The molecule has 0 amide bonds. The number of methoxy groups -OCH3 is 1.